The molecule has 0 aliphatic carbocycles. The molecule has 4 heterocycles. The average Bonchev–Trinajstić information content (AvgIpc) is 3.21. The van der Waals surface area contributed by atoms with Gasteiger partial charge in [0.2, 0.25) is 15.9 Å². The Morgan fingerprint density at radius 1 is 1.27 bits per heavy atom. The Hall–Kier alpha value is -3.25. The minimum Gasteiger partial charge on any atom is -0.490 e. The van der Waals surface area contributed by atoms with Gasteiger partial charge in [0.25, 0.3) is 0 Å². The third-order valence-corrected chi connectivity index (χ3v) is 5.10. The fraction of sp³-hybridized carbons (Fsp3) is 0.278. The Morgan fingerprint density at radius 2 is 2.07 bits per heavy atom. The molecule has 0 saturated carbocycles. The zero-order valence-electron chi connectivity index (χ0n) is 16.4. The van der Waals surface area contributed by atoms with E-state index in [1.165, 1.54) is 17.0 Å². The molecule has 30 heavy (non-hydrogen) atoms. The number of halogens is 1. The van der Waals surface area contributed by atoms with Gasteiger partial charge in [0.1, 0.15) is 29.8 Å². The van der Waals surface area contributed by atoms with Crippen LogP contribution in [0.1, 0.15) is 11.3 Å². The number of ether oxygens (including phenoxy) is 2. The van der Waals surface area contributed by atoms with E-state index in [9.17, 15) is 12.8 Å². The number of nitrogens with one attached hydrogen (secondary N) is 2. The number of sulfonamides is 1. The Kier molecular flexibility index (Phi) is 5.03. The zero-order valence-corrected chi connectivity index (χ0v) is 17.2. The molecule has 4 aromatic rings. The minimum atomic E-state index is -3.29. The van der Waals surface area contributed by atoms with E-state index in [0.29, 0.717) is 27.9 Å². The molecule has 0 radical (unpaired) electrons. The van der Waals surface area contributed by atoms with E-state index in [2.05, 4.69) is 24.8 Å². The number of rotatable bonds is 7. The summed E-state index contributed by atoms with van der Waals surface area (Å²) in [4.78, 5) is 11.3. The number of nitrogens with zero attached hydrogens (tertiary/aromatic N) is 4. The summed E-state index contributed by atoms with van der Waals surface area (Å²) < 4.78 is 52.4. The summed E-state index contributed by atoms with van der Waals surface area (Å²) >= 11 is 0. The third kappa shape index (κ3) is 3.91. The second-order valence-corrected chi connectivity index (χ2v) is 8.58. The molecule has 158 valence electrons. The summed E-state index contributed by atoms with van der Waals surface area (Å²) in [5, 5.41) is 4.45. The van der Waals surface area contributed by atoms with E-state index >= 15 is 0 Å². The number of aromatic amines is 1. The Morgan fingerprint density at radius 3 is 2.83 bits per heavy atom. The first-order valence-electron chi connectivity index (χ1n) is 8.95. The molecule has 4 rings (SSSR count). The summed E-state index contributed by atoms with van der Waals surface area (Å²) in [6.45, 7) is 3.83. The Bertz CT molecular complexity index is 1350. The molecular weight excluding hydrogens is 415 g/mol. The van der Waals surface area contributed by atoms with Crippen molar-refractivity contribution in [3.05, 3.63) is 41.9 Å². The maximum Gasteiger partial charge on any atom is 0.247 e. The van der Waals surface area contributed by atoms with Crippen LogP contribution in [-0.2, 0) is 10.0 Å². The first-order chi connectivity index (χ1) is 14.2. The second-order valence-electron chi connectivity index (χ2n) is 6.74. The molecule has 0 fully saturated rings. The quantitative estimate of drug-likeness (QED) is 0.427. The van der Waals surface area contributed by atoms with Crippen LogP contribution in [0.3, 0.4) is 0 Å². The largest absolute Gasteiger partial charge is 0.490 e. The number of aromatic nitrogens is 5. The number of pyridine rings is 1. The van der Waals surface area contributed by atoms with Gasteiger partial charge in [-0.05, 0) is 19.9 Å². The topological polar surface area (TPSA) is 124 Å². The van der Waals surface area contributed by atoms with Crippen molar-refractivity contribution in [1.29, 1.82) is 0 Å². The highest BCUT2D eigenvalue weighted by molar-refractivity contribution is 7.88. The lowest BCUT2D eigenvalue weighted by Crippen LogP contribution is -2.26. The number of aryl methyl sites for hydroxylation is 2. The van der Waals surface area contributed by atoms with Crippen LogP contribution in [0.5, 0.6) is 17.4 Å². The lowest BCUT2D eigenvalue weighted by Gasteiger charge is -2.08. The van der Waals surface area contributed by atoms with E-state index in [0.717, 1.165) is 11.9 Å². The lowest BCUT2D eigenvalue weighted by atomic mass is 10.3. The smallest absolute Gasteiger partial charge is 0.247 e. The van der Waals surface area contributed by atoms with Gasteiger partial charge in [-0.2, -0.15) is 10.1 Å². The van der Waals surface area contributed by atoms with Crippen molar-refractivity contribution in [2.75, 3.05) is 19.4 Å². The molecule has 0 unspecified atom stereocenters. The van der Waals surface area contributed by atoms with Crippen molar-refractivity contribution in [2.24, 2.45) is 0 Å². The zero-order chi connectivity index (χ0) is 21.5. The highest BCUT2D eigenvalue weighted by Gasteiger charge is 2.18. The van der Waals surface area contributed by atoms with Crippen molar-refractivity contribution in [2.45, 2.75) is 13.8 Å². The summed E-state index contributed by atoms with van der Waals surface area (Å²) in [5.74, 6) is 0.000966. The van der Waals surface area contributed by atoms with Gasteiger partial charge in [-0.25, -0.2) is 27.0 Å². The van der Waals surface area contributed by atoms with Crippen molar-refractivity contribution in [3.8, 4) is 17.4 Å². The Labute approximate surface area is 171 Å². The third-order valence-electron chi connectivity index (χ3n) is 4.37. The van der Waals surface area contributed by atoms with Gasteiger partial charge in [0.15, 0.2) is 11.6 Å². The first kappa shape index (κ1) is 20.0. The van der Waals surface area contributed by atoms with Gasteiger partial charge in [-0.1, -0.05) is 0 Å². The molecule has 0 saturated heterocycles. The SMILES string of the molecule is Cc1cc2c(F)c(Oc3ncnn4cc(OCCNS(C)(=O)=O)c(C)c34)cnc2[nH]1. The molecule has 0 atom stereocenters. The molecule has 0 aliphatic rings. The number of H-pyrrole nitrogens is 1. The van der Waals surface area contributed by atoms with E-state index in [4.69, 9.17) is 9.47 Å². The second kappa shape index (κ2) is 7.54. The number of hydrogen-bond acceptors (Lipinski definition) is 7. The number of fused-ring (bicyclic) bond motifs is 2. The molecule has 12 heteroatoms. The standard InChI is InChI=1S/C18H19FN6O4S/c1-10-6-12-15(19)13(7-20-17(12)24-10)29-18-16-11(2)14(8-25(16)22-9-21-18)28-5-4-23-30(3,26)27/h6-9,23H,4-5H2,1-3H3,(H,20,24). The molecule has 2 N–H and O–H groups in total. The van der Waals surface area contributed by atoms with Crippen LogP contribution in [-0.4, -0.2) is 52.4 Å². The van der Waals surface area contributed by atoms with Crippen LogP contribution < -0.4 is 14.2 Å². The van der Waals surface area contributed by atoms with Gasteiger partial charge >= 0.3 is 0 Å². The van der Waals surface area contributed by atoms with Crippen molar-refractivity contribution >= 4 is 26.6 Å². The van der Waals surface area contributed by atoms with Crippen LogP contribution in [0.25, 0.3) is 16.6 Å². The first-order valence-corrected chi connectivity index (χ1v) is 10.8. The number of hydrogen-bond donors (Lipinski definition) is 2. The summed E-state index contributed by atoms with van der Waals surface area (Å²) in [6.07, 6.45) is 5.26. The normalized spacial score (nSPS) is 12.0. The molecular formula is C18H19FN6O4S. The fourth-order valence-corrected chi connectivity index (χ4v) is 3.50. The highest BCUT2D eigenvalue weighted by atomic mass is 32.2. The van der Waals surface area contributed by atoms with Gasteiger partial charge in [0.05, 0.1) is 24.0 Å². The molecule has 0 spiro atoms. The summed E-state index contributed by atoms with van der Waals surface area (Å²) in [5.41, 5.74) is 2.38. The molecule has 10 nitrogen and oxygen atoms in total. The predicted molar refractivity (Wildman–Crippen MR) is 107 cm³/mol. The van der Waals surface area contributed by atoms with E-state index in [1.807, 2.05) is 6.92 Å². The van der Waals surface area contributed by atoms with E-state index < -0.39 is 15.8 Å². The van der Waals surface area contributed by atoms with Crippen LogP contribution >= 0.6 is 0 Å². The average molecular weight is 434 g/mol. The predicted octanol–water partition coefficient (Wildman–Crippen LogP) is 2.08. The lowest BCUT2D eigenvalue weighted by molar-refractivity contribution is 0.321. The van der Waals surface area contributed by atoms with E-state index in [-0.39, 0.29) is 24.8 Å². The fourth-order valence-electron chi connectivity index (χ4n) is 3.05. The molecule has 0 amide bonds. The van der Waals surface area contributed by atoms with Gasteiger partial charge in [-0.15, -0.1) is 0 Å². The Balaban J connectivity index is 1.62. The van der Waals surface area contributed by atoms with Crippen LogP contribution in [0.2, 0.25) is 0 Å². The maximum absolute atomic E-state index is 14.9. The minimum absolute atomic E-state index is 0.0671. The molecule has 0 aromatic carbocycles. The van der Waals surface area contributed by atoms with Gasteiger partial charge in [-0.3, -0.25) is 0 Å². The monoisotopic (exact) mass is 434 g/mol. The van der Waals surface area contributed by atoms with Crippen molar-refractivity contribution in [3.63, 3.8) is 0 Å². The molecule has 0 aliphatic heterocycles. The van der Waals surface area contributed by atoms with Crippen LogP contribution in [0.4, 0.5) is 4.39 Å². The summed E-state index contributed by atoms with van der Waals surface area (Å²) in [6, 6.07) is 1.65. The summed E-state index contributed by atoms with van der Waals surface area (Å²) in [7, 11) is -3.29. The van der Waals surface area contributed by atoms with Crippen LogP contribution in [0.15, 0.2) is 24.8 Å². The van der Waals surface area contributed by atoms with Gasteiger partial charge < -0.3 is 14.5 Å². The van der Waals surface area contributed by atoms with Gasteiger partial charge in [0, 0.05) is 17.8 Å². The van der Waals surface area contributed by atoms with E-state index in [1.54, 1.807) is 19.2 Å². The molecule has 4 aromatic heterocycles. The van der Waals surface area contributed by atoms with Crippen LogP contribution in [0, 0.1) is 19.7 Å². The highest BCUT2D eigenvalue weighted by Crippen LogP contribution is 2.34. The maximum atomic E-state index is 14.9. The van der Waals surface area contributed by atoms with Crippen molar-refractivity contribution in [1.82, 2.24) is 29.3 Å². The molecule has 0 bridgehead atoms. The van der Waals surface area contributed by atoms with Crippen molar-refractivity contribution < 1.29 is 22.3 Å².